The van der Waals surface area contributed by atoms with Crippen molar-refractivity contribution in [3.05, 3.63) is 46.8 Å². The first-order valence-corrected chi connectivity index (χ1v) is 9.70. The van der Waals surface area contributed by atoms with E-state index in [1.165, 1.54) is 50.8 Å². The van der Waals surface area contributed by atoms with E-state index in [2.05, 4.69) is 27.5 Å². The van der Waals surface area contributed by atoms with Crippen molar-refractivity contribution in [2.24, 2.45) is 0 Å². The molecule has 0 spiro atoms. The molecule has 1 amide bonds. The minimum Gasteiger partial charge on any atom is -0.361 e. The Balaban J connectivity index is 1.39. The van der Waals surface area contributed by atoms with E-state index in [1.807, 2.05) is 12.1 Å². The summed E-state index contributed by atoms with van der Waals surface area (Å²) in [7, 11) is 0. The van der Waals surface area contributed by atoms with Gasteiger partial charge in [-0.25, -0.2) is 0 Å². The van der Waals surface area contributed by atoms with E-state index in [9.17, 15) is 4.79 Å². The quantitative estimate of drug-likeness (QED) is 0.891. The van der Waals surface area contributed by atoms with Crippen LogP contribution in [0.2, 0.25) is 0 Å². The number of amides is 1. The normalized spacial score (nSPS) is 23.5. The molecule has 4 rings (SSSR count). The standard InChI is InChI=1S/C21H27N3O2/c1-14-20(15(2)26-23-14)21(25)22-18-8-5-16(6-9-18)17-7-10-19(13-17)24-11-3-4-12-24/h5-6,8-9,17,19H,3-4,7,10-13H2,1-2H3,(H,22,25). The molecule has 138 valence electrons. The average Bonchev–Trinajstić information content (AvgIpc) is 3.36. The van der Waals surface area contributed by atoms with Crippen LogP contribution in [-0.2, 0) is 0 Å². The van der Waals surface area contributed by atoms with Gasteiger partial charge in [-0.3, -0.25) is 4.79 Å². The number of aryl methyl sites for hydroxylation is 2. The largest absolute Gasteiger partial charge is 0.361 e. The molecule has 5 nitrogen and oxygen atoms in total. The van der Waals surface area contributed by atoms with Gasteiger partial charge >= 0.3 is 0 Å². The lowest BCUT2D eigenvalue weighted by Crippen LogP contribution is -2.30. The van der Waals surface area contributed by atoms with Gasteiger partial charge in [0.05, 0.1) is 5.69 Å². The Morgan fingerprint density at radius 2 is 1.88 bits per heavy atom. The van der Waals surface area contributed by atoms with Crippen LogP contribution in [0, 0.1) is 13.8 Å². The molecule has 26 heavy (non-hydrogen) atoms. The first kappa shape index (κ1) is 17.3. The maximum atomic E-state index is 12.4. The first-order valence-electron chi connectivity index (χ1n) is 9.70. The fraction of sp³-hybridized carbons (Fsp3) is 0.524. The summed E-state index contributed by atoms with van der Waals surface area (Å²) in [4.78, 5) is 15.1. The zero-order valence-electron chi connectivity index (χ0n) is 15.6. The van der Waals surface area contributed by atoms with Gasteiger partial charge in [-0.05, 0) is 82.7 Å². The van der Waals surface area contributed by atoms with E-state index in [4.69, 9.17) is 4.52 Å². The van der Waals surface area contributed by atoms with Crippen molar-refractivity contribution in [2.45, 2.75) is 57.9 Å². The molecule has 1 aromatic heterocycles. The zero-order chi connectivity index (χ0) is 18.1. The monoisotopic (exact) mass is 353 g/mol. The number of benzene rings is 1. The molecule has 2 aliphatic rings. The van der Waals surface area contributed by atoms with Crippen LogP contribution >= 0.6 is 0 Å². The van der Waals surface area contributed by atoms with E-state index >= 15 is 0 Å². The van der Waals surface area contributed by atoms with Gasteiger partial charge in [0.2, 0.25) is 0 Å². The van der Waals surface area contributed by atoms with E-state index in [-0.39, 0.29) is 5.91 Å². The summed E-state index contributed by atoms with van der Waals surface area (Å²) in [6, 6.07) is 9.12. The third-order valence-corrected chi connectivity index (χ3v) is 5.96. The Morgan fingerprint density at radius 3 is 2.54 bits per heavy atom. The van der Waals surface area contributed by atoms with Crippen molar-refractivity contribution < 1.29 is 9.32 Å². The maximum absolute atomic E-state index is 12.4. The van der Waals surface area contributed by atoms with Gasteiger partial charge in [0, 0.05) is 11.7 Å². The molecule has 2 unspecified atom stereocenters. The summed E-state index contributed by atoms with van der Waals surface area (Å²) in [5.41, 5.74) is 3.35. The Hall–Kier alpha value is -2.14. The molecule has 0 bridgehead atoms. The number of anilines is 1. The molecular weight excluding hydrogens is 326 g/mol. The highest BCUT2D eigenvalue weighted by Crippen LogP contribution is 2.38. The van der Waals surface area contributed by atoms with Gasteiger partial charge < -0.3 is 14.7 Å². The molecule has 1 saturated heterocycles. The van der Waals surface area contributed by atoms with Crippen molar-refractivity contribution in [2.75, 3.05) is 18.4 Å². The van der Waals surface area contributed by atoms with Crippen LogP contribution in [0.15, 0.2) is 28.8 Å². The van der Waals surface area contributed by atoms with Crippen molar-refractivity contribution in [3.8, 4) is 0 Å². The maximum Gasteiger partial charge on any atom is 0.261 e. The van der Waals surface area contributed by atoms with Crippen molar-refractivity contribution in [3.63, 3.8) is 0 Å². The topological polar surface area (TPSA) is 58.4 Å². The number of nitrogens with one attached hydrogen (secondary N) is 1. The SMILES string of the molecule is Cc1noc(C)c1C(=O)Nc1ccc(C2CCC(N3CCCC3)C2)cc1. The van der Waals surface area contributed by atoms with Crippen molar-refractivity contribution >= 4 is 11.6 Å². The second-order valence-corrected chi connectivity index (χ2v) is 7.68. The lowest BCUT2D eigenvalue weighted by Gasteiger charge is -2.23. The van der Waals surface area contributed by atoms with Crippen molar-refractivity contribution in [1.29, 1.82) is 0 Å². The number of rotatable bonds is 4. The molecule has 2 atom stereocenters. The number of hydrogen-bond donors (Lipinski definition) is 1. The van der Waals surface area contributed by atoms with Gasteiger partial charge in [-0.2, -0.15) is 0 Å². The third kappa shape index (κ3) is 3.40. The smallest absolute Gasteiger partial charge is 0.261 e. The average molecular weight is 353 g/mol. The minimum absolute atomic E-state index is 0.163. The third-order valence-electron chi connectivity index (χ3n) is 5.96. The second kappa shape index (κ2) is 7.23. The lowest BCUT2D eigenvalue weighted by molar-refractivity contribution is 0.102. The van der Waals surface area contributed by atoms with Crippen molar-refractivity contribution in [1.82, 2.24) is 10.1 Å². The van der Waals surface area contributed by atoms with Crippen LogP contribution < -0.4 is 5.32 Å². The summed E-state index contributed by atoms with van der Waals surface area (Å²) in [5, 5.41) is 6.80. The van der Waals surface area contributed by atoms with E-state index < -0.39 is 0 Å². The Labute approximate surface area is 154 Å². The molecular formula is C21H27N3O2. The molecule has 2 heterocycles. The summed E-state index contributed by atoms with van der Waals surface area (Å²) in [6.07, 6.45) is 6.58. The van der Waals surface area contributed by atoms with E-state index in [0.29, 0.717) is 22.9 Å². The highest BCUT2D eigenvalue weighted by molar-refractivity contribution is 6.05. The number of hydrogen-bond acceptors (Lipinski definition) is 4. The summed E-state index contributed by atoms with van der Waals surface area (Å²) in [5.74, 6) is 1.03. The Kier molecular flexibility index (Phi) is 4.81. The summed E-state index contributed by atoms with van der Waals surface area (Å²) < 4.78 is 5.08. The molecule has 1 saturated carbocycles. The predicted molar refractivity (Wildman–Crippen MR) is 102 cm³/mol. The summed E-state index contributed by atoms with van der Waals surface area (Å²) >= 11 is 0. The van der Waals surface area contributed by atoms with Crippen LogP contribution in [0.5, 0.6) is 0 Å². The predicted octanol–water partition coefficient (Wildman–Crippen LogP) is 4.28. The molecule has 1 aliphatic carbocycles. The zero-order valence-corrected chi connectivity index (χ0v) is 15.6. The van der Waals surface area contributed by atoms with Gasteiger partial charge in [-0.15, -0.1) is 0 Å². The molecule has 2 aromatic rings. The fourth-order valence-electron chi connectivity index (χ4n) is 4.54. The van der Waals surface area contributed by atoms with Gasteiger partial charge in [0.15, 0.2) is 0 Å². The highest BCUT2D eigenvalue weighted by atomic mass is 16.5. The molecule has 5 heteroatoms. The van der Waals surface area contributed by atoms with Crippen LogP contribution in [0.4, 0.5) is 5.69 Å². The molecule has 1 N–H and O–H groups in total. The second-order valence-electron chi connectivity index (χ2n) is 7.68. The fourth-order valence-corrected chi connectivity index (χ4v) is 4.54. The number of carbonyl (C=O) groups excluding carboxylic acids is 1. The highest BCUT2D eigenvalue weighted by Gasteiger charge is 2.31. The Bertz CT molecular complexity index is 756. The molecule has 2 fully saturated rings. The first-order chi connectivity index (χ1) is 12.6. The van der Waals surface area contributed by atoms with Crippen LogP contribution in [0.25, 0.3) is 0 Å². The van der Waals surface area contributed by atoms with E-state index in [0.717, 1.165) is 11.7 Å². The number of carbonyl (C=O) groups is 1. The van der Waals surface area contributed by atoms with Gasteiger partial charge in [0.1, 0.15) is 11.3 Å². The number of likely N-dealkylation sites (tertiary alicyclic amines) is 1. The number of aromatic nitrogens is 1. The van der Waals surface area contributed by atoms with Crippen LogP contribution in [0.3, 0.4) is 0 Å². The summed E-state index contributed by atoms with van der Waals surface area (Å²) in [6.45, 7) is 6.11. The van der Waals surface area contributed by atoms with Crippen LogP contribution in [0.1, 0.15) is 65.4 Å². The number of nitrogens with zero attached hydrogens (tertiary/aromatic N) is 2. The van der Waals surface area contributed by atoms with Crippen LogP contribution in [-0.4, -0.2) is 35.1 Å². The molecule has 0 radical (unpaired) electrons. The van der Waals surface area contributed by atoms with Gasteiger partial charge in [0.25, 0.3) is 5.91 Å². The molecule has 1 aromatic carbocycles. The van der Waals surface area contributed by atoms with Gasteiger partial charge in [-0.1, -0.05) is 17.3 Å². The van der Waals surface area contributed by atoms with E-state index in [1.54, 1.807) is 13.8 Å². The Morgan fingerprint density at radius 1 is 1.15 bits per heavy atom. The lowest BCUT2D eigenvalue weighted by atomic mass is 9.97. The minimum atomic E-state index is -0.163. The molecule has 1 aliphatic heterocycles.